The first-order valence-electron chi connectivity index (χ1n) is 4.28. The van der Waals surface area contributed by atoms with Crippen molar-refractivity contribution in [3.8, 4) is 0 Å². The third-order valence-corrected chi connectivity index (χ3v) is 1.86. The molecule has 1 rings (SSSR count). The third kappa shape index (κ3) is 2.54. The van der Waals surface area contributed by atoms with Crippen LogP contribution in [0.4, 0.5) is 0 Å². The van der Waals surface area contributed by atoms with Crippen molar-refractivity contribution in [2.75, 3.05) is 0 Å². The van der Waals surface area contributed by atoms with Crippen molar-refractivity contribution in [1.82, 2.24) is 0 Å². The Bertz CT molecular complexity index is 230. The van der Waals surface area contributed by atoms with Crippen LogP contribution in [0.15, 0.2) is 11.6 Å². The molecule has 0 amide bonds. The SMILES string of the molecule is CC(O)CC1=CC(C(C)O)OC1=O. The molecule has 4 heteroatoms. The molecule has 0 aliphatic carbocycles. The van der Waals surface area contributed by atoms with Crippen LogP contribution in [0, 0.1) is 0 Å². The molecule has 3 atom stereocenters. The molecule has 0 spiro atoms. The van der Waals surface area contributed by atoms with E-state index in [0.29, 0.717) is 5.57 Å². The lowest BCUT2D eigenvalue weighted by Gasteiger charge is -2.09. The molecule has 1 aliphatic rings. The first-order valence-corrected chi connectivity index (χ1v) is 4.28. The quantitative estimate of drug-likeness (QED) is 0.608. The van der Waals surface area contributed by atoms with Gasteiger partial charge in [-0.05, 0) is 19.9 Å². The lowest BCUT2D eigenvalue weighted by atomic mass is 10.1. The van der Waals surface area contributed by atoms with E-state index in [1.165, 1.54) is 0 Å². The van der Waals surface area contributed by atoms with E-state index >= 15 is 0 Å². The minimum Gasteiger partial charge on any atom is -0.452 e. The summed E-state index contributed by atoms with van der Waals surface area (Å²) in [5.41, 5.74) is 0.445. The summed E-state index contributed by atoms with van der Waals surface area (Å²) in [6.07, 6.45) is 0.0325. The van der Waals surface area contributed by atoms with Gasteiger partial charge in [0.15, 0.2) is 0 Å². The monoisotopic (exact) mass is 186 g/mol. The maximum atomic E-state index is 11.1. The topological polar surface area (TPSA) is 66.8 Å². The molecule has 2 N–H and O–H groups in total. The Morgan fingerprint density at radius 3 is 2.54 bits per heavy atom. The average molecular weight is 186 g/mol. The fourth-order valence-corrected chi connectivity index (χ4v) is 1.21. The minimum atomic E-state index is -0.699. The van der Waals surface area contributed by atoms with Crippen LogP contribution in [-0.2, 0) is 9.53 Å². The van der Waals surface area contributed by atoms with Crippen LogP contribution >= 0.6 is 0 Å². The van der Waals surface area contributed by atoms with Crippen molar-refractivity contribution >= 4 is 5.97 Å². The van der Waals surface area contributed by atoms with Gasteiger partial charge in [0.1, 0.15) is 6.10 Å². The van der Waals surface area contributed by atoms with Gasteiger partial charge in [0.2, 0.25) is 0 Å². The molecule has 0 radical (unpaired) electrons. The first-order chi connectivity index (χ1) is 6.00. The number of hydrogen-bond donors (Lipinski definition) is 2. The summed E-state index contributed by atoms with van der Waals surface area (Å²) in [4.78, 5) is 11.1. The molecule has 4 nitrogen and oxygen atoms in total. The van der Waals surface area contributed by atoms with E-state index in [4.69, 9.17) is 14.9 Å². The maximum absolute atomic E-state index is 11.1. The number of cyclic esters (lactones) is 1. The Morgan fingerprint density at radius 1 is 1.54 bits per heavy atom. The Balaban J connectivity index is 2.63. The molecule has 0 saturated carbocycles. The van der Waals surface area contributed by atoms with Gasteiger partial charge in [0, 0.05) is 12.0 Å². The molecule has 1 heterocycles. The van der Waals surface area contributed by atoms with Crippen molar-refractivity contribution in [2.24, 2.45) is 0 Å². The van der Waals surface area contributed by atoms with Crippen LogP contribution in [0.5, 0.6) is 0 Å². The second kappa shape index (κ2) is 3.89. The van der Waals surface area contributed by atoms with Crippen molar-refractivity contribution in [1.29, 1.82) is 0 Å². The zero-order valence-electron chi connectivity index (χ0n) is 7.73. The number of ether oxygens (including phenoxy) is 1. The zero-order chi connectivity index (χ0) is 10.0. The molecule has 1 aliphatic heterocycles. The summed E-state index contributed by atoms with van der Waals surface area (Å²) < 4.78 is 4.84. The maximum Gasteiger partial charge on any atom is 0.334 e. The Labute approximate surface area is 76.8 Å². The van der Waals surface area contributed by atoms with Crippen molar-refractivity contribution in [3.63, 3.8) is 0 Å². The summed E-state index contributed by atoms with van der Waals surface area (Å²) in [6, 6.07) is 0. The molecular formula is C9H14O4. The smallest absolute Gasteiger partial charge is 0.334 e. The largest absolute Gasteiger partial charge is 0.452 e. The summed E-state index contributed by atoms with van der Waals surface area (Å²) in [5.74, 6) is -0.438. The zero-order valence-corrected chi connectivity index (χ0v) is 7.73. The highest BCUT2D eigenvalue weighted by atomic mass is 16.6. The van der Waals surface area contributed by atoms with Crippen LogP contribution in [0.25, 0.3) is 0 Å². The van der Waals surface area contributed by atoms with Gasteiger partial charge >= 0.3 is 5.97 Å². The molecule has 0 bridgehead atoms. The highest BCUT2D eigenvalue weighted by Crippen LogP contribution is 2.20. The molecule has 3 unspecified atom stereocenters. The molecular weight excluding hydrogens is 172 g/mol. The van der Waals surface area contributed by atoms with Gasteiger partial charge in [-0.1, -0.05) is 0 Å². The van der Waals surface area contributed by atoms with Gasteiger partial charge in [-0.25, -0.2) is 4.79 Å². The number of carbonyl (C=O) groups is 1. The van der Waals surface area contributed by atoms with Crippen LogP contribution in [-0.4, -0.2) is 34.5 Å². The highest BCUT2D eigenvalue weighted by Gasteiger charge is 2.28. The van der Waals surface area contributed by atoms with Gasteiger partial charge in [0.05, 0.1) is 12.2 Å². The summed E-state index contributed by atoms with van der Waals surface area (Å²) in [6.45, 7) is 3.16. The summed E-state index contributed by atoms with van der Waals surface area (Å²) >= 11 is 0. The van der Waals surface area contributed by atoms with E-state index in [9.17, 15) is 4.79 Å². The van der Waals surface area contributed by atoms with Crippen molar-refractivity contribution < 1.29 is 19.7 Å². The van der Waals surface area contributed by atoms with Crippen LogP contribution in [0.2, 0.25) is 0 Å². The Hall–Kier alpha value is -0.870. The lowest BCUT2D eigenvalue weighted by molar-refractivity contribution is -0.143. The van der Waals surface area contributed by atoms with Crippen LogP contribution < -0.4 is 0 Å². The number of carbonyl (C=O) groups excluding carboxylic acids is 1. The summed E-state index contributed by atoms with van der Waals surface area (Å²) in [5, 5.41) is 18.2. The van der Waals surface area contributed by atoms with Crippen LogP contribution in [0.3, 0.4) is 0 Å². The predicted molar refractivity (Wildman–Crippen MR) is 45.9 cm³/mol. The standard InChI is InChI=1S/C9H14O4/c1-5(10)3-7-4-8(6(2)11)13-9(7)12/h4-6,8,10-11H,3H2,1-2H3. The molecule has 74 valence electrons. The van der Waals surface area contributed by atoms with Gasteiger partial charge in [-0.15, -0.1) is 0 Å². The fourth-order valence-electron chi connectivity index (χ4n) is 1.21. The number of hydrogen-bond acceptors (Lipinski definition) is 4. The predicted octanol–water partition coefficient (Wildman–Crippen LogP) is -0.0101. The fraction of sp³-hybridized carbons (Fsp3) is 0.667. The van der Waals surface area contributed by atoms with Gasteiger partial charge in [-0.3, -0.25) is 0 Å². The average Bonchev–Trinajstić information content (AvgIpc) is 2.31. The lowest BCUT2D eigenvalue weighted by Crippen LogP contribution is -2.21. The number of rotatable bonds is 3. The van der Waals surface area contributed by atoms with E-state index in [0.717, 1.165) is 0 Å². The number of aliphatic hydroxyl groups excluding tert-OH is 2. The molecule has 13 heavy (non-hydrogen) atoms. The third-order valence-electron chi connectivity index (χ3n) is 1.86. The molecule has 0 saturated heterocycles. The van der Waals surface area contributed by atoms with E-state index in [1.807, 2.05) is 0 Å². The van der Waals surface area contributed by atoms with Gasteiger partial charge < -0.3 is 14.9 Å². The van der Waals surface area contributed by atoms with Crippen molar-refractivity contribution in [3.05, 3.63) is 11.6 Å². The second-order valence-electron chi connectivity index (χ2n) is 3.36. The highest BCUT2D eigenvalue weighted by molar-refractivity contribution is 5.91. The van der Waals surface area contributed by atoms with E-state index < -0.39 is 24.3 Å². The van der Waals surface area contributed by atoms with E-state index in [-0.39, 0.29) is 6.42 Å². The molecule has 0 fully saturated rings. The first kappa shape index (κ1) is 10.2. The van der Waals surface area contributed by atoms with Gasteiger partial charge in [-0.2, -0.15) is 0 Å². The second-order valence-corrected chi connectivity index (χ2v) is 3.36. The Kier molecular flexibility index (Phi) is 3.06. The Morgan fingerprint density at radius 2 is 2.15 bits per heavy atom. The van der Waals surface area contributed by atoms with E-state index in [1.54, 1.807) is 19.9 Å². The molecule has 0 aromatic rings. The molecule has 0 aromatic carbocycles. The normalized spacial score (nSPS) is 26.6. The van der Waals surface area contributed by atoms with Crippen molar-refractivity contribution in [2.45, 2.75) is 38.6 Å². The number of aliphatic hydroxyl groups is 2. The number of esters is 1. The summed E-state index contributed by atoms with van der Waals surface area (Å²) in [7, 11) is 0. The molecule has 0 aromatic heterocycles. The van der Waals surface area contributed by atoms with E-state index in [2.05, 4.69) is 0 Å². The van der Waals surface area contributed by atoms with Crippen LogP contribution in [0.1, 0.15) is 20.3 Å². The van der Waals surface area contributed by atoms with Gasteiger partial charge in [0.25, 0.3) is 0 Å². The minimum absolute atomic E-state index is 0.280.